The summed E-state index contributed by atoms with van der Waals surface area (Å²) in [6.45, 7) is 13.9. The van der Waals surface area contributed by atoms with Gasteiger partial charge in [0.1, 0.15) is 11.4 Å². The molecule has 0 spiro atoms. The lowest BCUT2D eigenvalue weighted by atomic mass is 9.78. The summed E-state index contributed by atoms with van der Waals surface area (Å²) in [5.41, 5.74) is 7.95. The van der Waals surface area contributed by atoms with E-state index in [9.17, 15) is 9.90 Å². The van der Waals surface area contributed by atoms with Gasteiger partial charge in [-0.05, 0) is 29.9 Å². The van der Waals surface area contributed by atoms with Crippen LogP contribution in [0.4, 0.5) is 0 Å². The number of ether oxygens (including phenoxy) is 1. The van der Waals surface area contributed by atoms with Crippen molar-refractivity contribution < 1.29 is 19.2 Å². The van der Waals surface area contributed by atoms with Crippen LogP contribution >= 0.6 is 0 Å². The average Bonchev–Trinajstić information content (AvgIpc) is 3.02. The van der Waals surface area contributed by atoms with Crippen LogP contribution in [-0.2, 0) is 20.4 Å². The highest BCUT2D eigenvalue weighted by Gasteiger charge is 2.27. The maximum atomic E-state index is 11.4. The highest BCUT2D eigenvalue weighted by molar-refractivity contribution is 5.71. The number of phenolic OH excluding ortho intramolecular Hbond substituents is 1. The van der Waals surface area contributed by atoms with Crippen molar-refractivity contribution in [1.29, 1.82) is 0 Å². The van der Waals surface area contributed by atoms with Gasteiger partial charge < -0.3 is 20.1 Å². The first-order valence-electron chi connectivity index (χ1n) is 9.09. The lowest BCUT2D eigenvalue weighted by Gasteiger charge is -2.28. The van der Waals surface area contributed by atoms with Crippen molar-refractivity contribution in [3.8, 4) is 17.0 Å². The number of hydrogen-bond donors (Lipinski definition) is 2. The Morgan fingerprint density at radius 1 is 1.15 bits per heavy atom. The van der Waals surface area contributed by atoms with Crippen LogP contribution in [0.5, 0.6) is 5.75 Å². The van der Waals surface area contributed by atoms with E-state index >= 15 is 0 Å². The van der Waals surface area contributed by atoms with E-state index < -0.39 is 12.1 Å². The molecule has 0 saturated heterocycles. The van der Waals surface area contributed by atoms with E-state index in [-0.39, 0.29) is 17.4 Å². The third-order valence-electron chi connectivity index (χ3n) is 4.43. The molecule has 2 aromatic rings. The average molecular weight is 374 g/mol. The van der Waals surface area contributed by atoms with Gasteiger partial charge in [-0.15, -0.1) is 0 Å². The third-order valence-corrected chi connectivity index (χ3v) is 4.43. The van der Waals surface area contributed by atoms with E-state index in [0.29, 0.717) is 17.2 Å². The third kappa shape index (κ3) is 4.69. The summed E-state index contributed by atoms with van der Waals surface area (Å²) in [5, 5.41) is 15.0. The number of phenols is 1. The van der Waals surface area contributed by atoms with Crippen LogP contribution in [0.25, 0.3) is 11.3 Å². The molecule has 0 fully saturated rings. The Labute approximate surface area is 160 Å². The van der Waals surface area contributed by atoms with E-state index in [4.69, 9.17) is 15.0 Å². The van der Waals surface area contributed by atoms with Crippen LogP contribution in [0.2, 0.25) is 0 Å². The van der Waals surface area contributed by atoms with Gasteiger partial charge in [-0.2, -0.15) is 0 Å². The lowest BCUT2D eigenvalue weighted by Crippen LogP contribution is -2.18. The second kappa shape index (κ2) is 7.35. The van der Waals surface area contributed by atoms with Crippen molar-refractivity contribution >= 4 is 5.97 Å². The summed E-state index contributed by atoms with van der Waals surface area (Å²) < 4.78 is 10.5. The minimum absolute atomic E-state index is 0.187. The zero-order chi connectivity index (χ0) is 20.6. The molecule has 148 valence electrons. The minimum Gasteiger partial charge on any atom is -0.507 e. The number of hydrogen-bond acceptors (Lipinski definition) is 6. The summed E-state index contributed by atoms with van der Waals surface area (Å²) >= 11 is 0. The fourth-order valence-corrected chi connectivity index (χ4v) is 2.85. The number of aromatic hydroxyl groups is 1. The monoisotopic (exact) mass is 374 g/mol. The van der Waals surface area contributed by atoms with Gasteiger partial charge in [0, 0.05) is 22.8 Å². The molecule has 6 heteroatoms. The molecule has 0 amide bonds. The van der Waals surface area contributed by atoms with Crippen LogP contribution < -0.4 is 5.73 Å². The summed E-state index contributed by atoms with van der Waals surface area (Å²) in [6, 6.07) is 5.62. The zero-order valence-corrected chi connectivity index (χ0v) is 17.2. The number of nitrogens with two attached hydrogens (primary N) is 1. The maximum Gasteiger partial charge on any atom is 0.320 e. The number of aromatic nitrogens is 1. The predicted molar refractivity (Wildman–Crippen MR) is 105 cm³/mol. The Balaban J connectivity index is 2.52. The normalized spacial score (nSPS) is 13.5. The summed E-state index contributed by atoms with van der Waals surface area (Å²) in [5.74, 6) is 0.248. The Kier molecular flexibility index (Phi) is 5.71. The van der Waals surface area contributed by atoms with Gasteiger partial charge in [0.15, 0.2) is 11.9 Å². The number of rotatable bonds is 4. The van der Waals surface area contributed by atoms with Crippen molar-refractivity contribution in [2.75, 3.05) is 6.54 Å². The van der Waals surface area contributed by atoms with Crippen LogP contribution in [0.3, 0.4) is 0 Å². The molecule has 0 aliphatic carbocycles. The van der Waals surface area contributed by atoms with Crippen LogP contribution in [0.15, 0.2) is 22.7 Å². The van der Waals surface area contributed by atoms with Crippen LogP contribution in [0.1, 0.15) is 71.5 Å². The van der Waals surface area contributed by atoms with E-state index in [0.717, 1.165) is 16.7 Å². The zero-order valence-electron chi connectivity index (χ0n) is 17.2. The van der Waals surface area contributed by atoms with Crippen LogP contribution in [-0.4, -0.2) is 22.8 Å². The number of carbonyl (C=O) groups is 1. The molecule has 3 N–H and O–H groups in total. The predicted octanol–water partition coefficient (Wildman–Crippen LogP) is 4.21. The Morgan fingerprint density at radius 3 is 2.11 bits per heavy atom. The first-order chi connectivity index (χ1) is 12.3. The molecule has 1 aromatic heterocycles. The molecular formula is C21H30N2O4. The molecular weight excluding hydrogens is 344 g/mol. The quantitative estimate of drug-likeness (QED) is 0.778. The minimum atomic E-state index is -0.580. The molecule has 1 aromatic carbocycles. The standard InChI is InChI=1S/C21H30N2O4/c1-12(26-18(24)11-22)17-10-16(23-27-17)13-8-14(20(2,3)4)19(25)15(9-13)21(5,6)7/h8-10,12,25H,11,22H2,1-7H3. The maximum absolute atomic E-state index is 11.4. The van der Waals surface area contributed by atoms with Gasteiger partial charge in [-0.3, -0.25) is 4.79 Å². The first kappa shape index (κ1) is 21.0. The molecule has 1 atom stereocenters. The Bertz CT molecular complexity index is 790. The largest absolute Gasteiger partial charge is 0.507 e. The fraction of sp³-hybridized carbons (Fsp3) is 0.524. The van der Waals surface area contributed by atoms with Gasteiger partial charge in [0.05, 0.1) is 6.54 Å². The van der Waals surface area contributed by atoms with Gasteiger partial charge in [0.25, 0.3) is 0 Å². The van der Waals surface area contributed by atoms with Gasteiger partial charge in [-0.25, -0.2) is 0 Å². The number of nitrogens with zero attached hydrogens (tertiary/aromatic N) is 1. The molecule has 0 bridgehead atoms. The fourth-order valence-electron chi connectivity index (χ4n) is 2.85. The Hall–Kier alpha value is -2.34. The van der Waals surface area contributed by atoms with E-state index in [1.54, 1.807) is 13.0 Å². The second-order valence-electron chi connectivity index (χ2n) is 8.87. The topological polar surface area (TPSA) is 98.6 Å². The smallest absolute Gasteiger partial charge is 0.320 e. The number of carbonyl (C=O) groups excluding carboxylic acids is 1. The van der Waals surface area contributed by atoms with Gasteiger partial charge in [-0.1, -0.05) is 46.7 Å². The molecule has 1 heterocycles. The van der Waals surface area contributed by atoms with Crippen molar-refractivity contribution in [1.82, 2.24) is 5.16 Å². The van der Waals surface area contributed by atoms with Gasteiger partial charge in [0.2, 0.25) is 0 Å². The lowest BCUT2D eigenvalue weighted by molar-refractivity contribution is -0.147. The molecule has 0 aliphatic rings. The highest BCUT2D eigenvalue weighted by Crippen LogP contribution is 2.42. The summed E-state index contributed by atoms with van der Waals surface area (Å²) in [6.07, 6.45) is -0.580. The molecule has 1 unspecified atom stereocenters. The van der Waals surface area contributed by atoms with Gasteiger partial charge >= 0.3 is 5.97 Å². The van der Waals surface area contributed by atoms with E-state index in [2.05, 4.69) is 46.7 Å². The van der Waals surface area contributed by atoms with Crippen molar-refractivity contribution in [3.05, 3.63) is 35.1 Å². The molecule has 0 saturated carbocycles. The molecule has 0 radical (unpaired) electrons. The van der Waals surface area contributed by atoms with E-state index in [1.165, 1.54) is 0 Å². The summed E-state index contributed by atoms with van der Waals surface area (Å²) in [4.78, 5) is 11.4. The van der Waals surface area contributed by atoms with Crippen molar-refractivity contribution in [3.63, 3.8) is 0 Å². The van der Waals surface area contributed by atoms with Crippen molar-refractivity contribution in [2.24, 2.45) is 5.73 Å². The number of esters is 1. The first-order valence-corrected chi connectivity index (χ1v) is 9.09. The number of benzene rings is 1. The molecule has 2 rings (SSSR count). The van der Waals surface area contributed by atoms with Crippen LogP contribution in [0, 0.1) is 0 Å². The Morgan fingerprint density at radius 2 is 1.67 bits per heavy atom. The second-order valence-corrected chi connectivity index (χ2v) is 8.87. The molecule has 6 nitrogen and oxygen atoms in total. The molecule has 27 heavy (non-hydrogen) atoms. The van der Waals surface area contributed by atoms with Crippen molar-refractivity contribution in [2.45, 2.75) is 65.4 Å². The highest BCUT2D eigenvalue weighted by atomic mass is 16.6. The van der Waals surface area contributed by atoms with E-state index in [1.807, 2.05) is 12.1 Å². The molecule has 0 aliphatic heterocycles. The SMILES string of the molecule is CC(OC(=O)CN)c1cc(-c2cc(C(C)(C)C)c(O)c(C(C)(C)C)c2)no1. The summed E-state index contributed by atoms with van der Waals surface area (Å²) in [7, 11) is 0.